The summed E-state index contributed by atoms with van der Waals surface area (Å²) < 4.78 is 6.49. The third-order valence-corrected chi connectivity index (χ3v) is 5.55. The number of esters is 1. The molecule has 1 heterocycles. The van der Waals surface area contributed by atoms with E-state index in [4.69, 9.17) is 4.74 Å². The maximum Gasteiger partial charge on any atom is 0.349 e. The quantitative estimate of drug-likeness (QED) is 0.628. The van der Waals surface area contributed by atoms with Gasteiger partial charge < -0.3 is 9.64 Å². The minimum absolute atomic E-state index is 0.221. The summed E-state index contributed by atoms with van der Waals surface area (Å²) in [5.41, 5.74) is 1.93. The number of carbonyl (C=O) groups is 2. The fourth-order valence-corrected chi connectivity index (χ4v) is 3.97. The number of hydrogen-bond donors (Lipinski definition) is 0. The third kappa shape index (κ3) is 3.78. The van der Waals surface area contributed by atoms with Gasteiger partial charge in [0.25, 0.3) is 5.91 Å². The highest BCUT2D eigenvalue weighted by Crippen LogP contribution is 2.31. The van der Waals surface area contributed by atoms with Crippen molar-refractivity contribution < 1.29 is 14.3 Å². The Morgan fingerprint density at radius 1 is 1.08 bits per heavy atom. The Kier molecular flexibility index (Phi) is 5.38. The van der Waals surface area contributed by atoms with E-state index < -0.39 is 12.1 Å². The lowest BCUT2D eigenvalue weighted by atomic mass is 10.1. The van der Waals surface area contributed by atoms with E-state index in [-0.39, 0.29) is 5.91 Å². The van der Waals surface area contributed by atoms with Crippen molar-refractivity contribution in [2.24, 2.45) is 0 Å². The fourth-order valence-electron chi connectivity index (χ4n) is 2.88. The van der Waals surface area contributed by atoms with Crippen LogP contribution in [-0.2, 0) is 16.1 Å². The van der Waals surface area contributed by atoms with E-state index in [1.54, 1.807) is 18.9 Å². The van der Waals surface area contributed by atoms with E-state index >= 15 is 0 Å². The van der Waals surface area contributed by atoms with Crippen LogP contribution < -0.4 is 0 Å². The minimum Gasteiger partial charge on any atom is -0.448 e. The van der Waals surface area contributed by atoms with Gasteiger partial charge in [0.05, 0.1) is 0 Å². The molecule has 26 heavy (non-hydrogen) atoms. The Hall–Kier alpha value is -2.66. The van der Waals surface area contributed by atoms with E-state index in [0.717, 1.165) is 21.2 Å². The molecule has 0 radical (unpaired) electrons. The van der Waals surface area contributed by atoms with Gasteiger partial charge in [-0.2, -0.15) is 0 Å². The molecule has 3 rings (SSSR count). The van der Waals surface area contributed by atoms with Crippen molar-refractivity contribution in [3.8, 4) is 0 Å². The number of carbonyl (C=O) groups excluding carboxylic acids is 2. The Morgan fingerprint density at radius 3 is 2.42 bits per heavy atom. The summed E-state index contributed by atoms with van der Waals surface area (Å²) in [5.74, 6) is -0.668. The maximum absolute atomic E-state index is 12.5. The number of rotatable bonds is 5. The molecule has 0 aliphatic rings. The molecule has 0 aliphatic carbocycles. The number of nitrogens with zero attached hydrogens (tertiary/aromatic N) is 1. The van der Waals surface area contributed by atoms with Gasteiger partial charge in [0.2, 0.25) is 0 Å². The number of ether oxygens (including phenoxy) is 1. The maximum atomic E-state index is 12.5. The minimum atomic E-state index is -0.833. The molecule has 0 spiro atoms. The smallest absolute Gasteiger partial charge is 0.349 e. The zero-order chi connectivity index (χ0) is 18.7. The Labute approximate surface area is 157 Å². The molecular formula is C21H21NO3S. The summed E-state index contributed by atoms with van der Waals surface area (Å²) in [7, 11) is 1.71. The van der Waals surface area contributed by atoms with Crippen LogP contribution in [0.3, 0.4) is 0 Å². The number of aryl methyl sites for hydroxylation is 1. The third-order valence-electron chi connectivity index (χ3n) is 4.30. The highest BCUT2D eigenvalue weighted by molar-refractivity contribution is 7.21. The van der Waals surface area contributed by atoms with Crippen molar-refractivity contribution in [1.82, 2.24) is 4.90 Å². The highest BCUT2D eigenvalue weighted by Gasteiger charge is 2.24. The van der Waals surface area contributed by atoms with Crippen molar-refractivity contribution >= 4 is 33.3 Å². The number of fused-ring (bicyclic) bond motifs is 1. The van der Waals surface area contributed by atoms with Crippen molar-refractivity contribution in [2.45, 2.75) is 26.5 Å². The molecular weight excluding hydrogens is 346 g/mol. The average molecular weight is 367 g/mol. The second-order valence-electron chi connectivity index (χ2n) is 6.28. The molecule has 4 nitrogen and oxygen atoms in total. The zero-order valence-electron chi connectivity index (χ0n) is 15.1. The predicted octanol–water partition coefficient (Wildman–Crippen LogP) is 4.41. The zero-order valence-corrected chi connectivity index (χ0v) is 15.9. The normalized spacial score (nSPS) is 12.0. The summed E-state index contributed by atoms with van der Waals surface area (Å²) in [6, 6.07) is 17.6. The van der Waals surface area contributed by atoms with Gasteiger partial charge in [0.15, 0.2) is 6.10 Å². The molecule has 0 bridgehead atoms. The largest absolute Gasteiger partial charge is 0.448 e. The predicted molar refractivity (Wildman–Crippen MR) is 104 cm³/mol. The second kappa shape index (κ2) is 7.70. The monoisotopic (exact) mass is 367 g/mol. The average Bonchev–Trinajstić information content (AvgIpc) is 2.99. The first-order chi connectivity index (χ1) is 12.5. The first-order valence-electron chi connectivity index (χ1n) is 8.45. The first-order valence-corrected chi connectivity index (χ1v) is 9.27. The molecule has 0 N–H and O–H groups in total. The van der Waals surface area contributed by atoms with E-state index in [1.807, 2.05) is 61.5 Å². The van der Waals surface area contributed by atoms with Crippen LogP contribution in [0.25, 0.3) is 10.1 Å². The van der Waals surface area contributed by atoms with E-state index in [1.165, 1.54) is 11.3 Å². The Bertz CT molecular complexity index is 933. The number of likely N-dealkylation sites (N-methyl/N-ethyl adjacent to an activating group) is 1. The summed E-state index contributed by atoms with van der Waals surface area (Å²) in [6.07, 6.45) is -0.833. The summed E-state index contributed by atoms with van der Waals surface area (Å²) in [5, 5.41) is 1.05. The topological polar surface area (TPSA) is 46.6 Å². The second-order valence-corrected chi connectivity index (χ2v) is 7.33. The molecule has 3 aromatic rings. The molecule has 0 fully saturated rings. The van der Waals surface area contributed by atoms with Gasteiger partial charge in [-0.05, 0) is 36.4 Å². The van der Waals surface area contributed by atoms with E-state index in [2.05, 4.69) is 0 Å². The number of amides is 1. The van der Waals surface area contributed by atoms with Crippen LogP contribution >= 0.6 is 11.3 Å². The van der Waals surface area contributed by atoms with Gasteiger partial charge in [-0.3, -0.25) is 4.79 Å². The SMILES string of the molecule is Cc1c(C(=O)OC(C)C(=O)N(C)Cc2ccccc2)sc2ccccc12. The van der Waals surface area contributed by atoms with Crippen LogP contribution in [0.1, 0.15) is 27.7 Å². The van der Waals surface area contributed by atoms with Crippen molar-refractivity contribution in [3.63, 3.8) is 0 Å². The standard InChI is InChI=1S/C21H21NO3S/c1-14-17-11-7-8-12-18(17)26-19(14)21(24)25-15(2)20(23)22(3)13-16-9-5-4-6-10-16/h4-12,15H,13H2,1-3H3. The lowest BCUT2D eigenvalue weighted by Crippen LogP contribution is -2.37. The molecule has 1 amide bonds. The molecule has 0 saturated carbocycles. The van der Waals surface area contributed by atoms with Crippen molar-refractivity contribution in [2.75, 3.05) is 7.05 Å². The molecule has 1 aromatic heterocycles. The first kappa shape index (κ1) is 18.1. The van der Waals surface area contributed by atoms with Crippen molar-refractivity contribution in [1.29, 1.82) is 0 Å². The highest BCUT2D eigenvalue weighted by atomic mass is 32.1. The molecule has 1 unspecified atom stereocenters. The van der Waals surface area contributed by atoms with Crippen LogP contribution in [0.2, 0.25) is 0 Å². The lowest BCUT2D eigenvalue weighted by Gasteiger charge is -2.21. The number of benzene rings is 2. The molecule has 1 atom stereocenters. The van der Waals surface area contributed by atoms with E-state index in [9.17, 15) is 9.59 Å². The van der Waals surface area contributed by atoms with Crippen molar-refractivity contribution in [3.05, 3.63) is 70.6 Å². The van der Waals surface area contributed by atoms with Gasteiger partial charge in [-0.1, -0.05) is 48.5 Å². The van der Waals surface area contributed by atoms with E-state index in [0.29, 0.717) is 11.4 Å². The van der Waals surface area contributed by atoms with Crippen LogP contribution in [0.15, 0.2) is 54.6 Å². The fraction of sp³-hybridized carbons (Fsp3) is 0.238. The summed E-state index contributed by atoms with van der Waals surface area (Å²) in [6.45, 7) is 4.00. The summed E-state index contributed by atoms with van der Waals surface area (Å²) in [4.78, 5) is 27.2. The van der Waals surface area contributed by atoms with Crippen LogP contribution in [0, 0.1) is 6.92 Å². The molecule has 2 aromatic carbocycles. The van der Waals surface area contributed by atoms with Crippen LogP contribution in [0.4, 0.5) is 0 Å². The Morgan fingerprint density at radius 2 is 1.73 bits per heavy atom. The lowest BCUT2D eigenvalue weighted by molar-refractivity contribution is -0.139. The molecule has 5 heteroatoms. The van der Waals surface area contributed by atoms with Crippen LogP contribution in [0.5, 0.6) is 0 Å². The number of hydrogen-bond acceptors (Lipinski definition) is 4. The number of thiophene rings is 1. The Balaban J connectivity index is 1.68. The van der Waals surface area contributed by atoms with Gasteiger partial charge >= 0.3 is 5.97 Å². The van der Waals surface area contributed by atoms with Gasteiger partial charge in [-0.15, -0.1) is 11.3 Å². The van der Waals surface area contributed by atoms with Gasteiger partial charge in [-0.25, -0.2) is 4.79 Å². The van der Waals surface area contributed by atoms with Gasteiger partial charge in [0.1, 0.15) is 4.88 Å². The molecule has 0 saturated heterocycles. The molecule has 134 valence electrons. The summed E-state index contributed by atoms with van der Waals surface area (Å²) >= 11 is 1.40. The molecule has 0 aliphatic heterocycles. The van der Waals surface area contributed by atoms with Crippen LogP contribution in [-0.4, -0.2) is 29.9 Å². The van der Waals surface area contributed by atoms with Gasteiger partial charge in [0, 0.05) is 18.3 Å².